The number of aliphatic imine (C=N–C) groups is 1. The van der Waals surface area contributed by atoms with Gasteiger partial charge in [0.25, 0.3) is 5.91 Å². The number of rotatable bonds is 4. The van der Waals surface area contributed by atoms with Crippen LogP contribution in [-0.4, -0.2) is 38.7 Å². The van der Waals surface area contributed by atoms with Crippen molar-refractivity contribution in [3.63, 3.8) is 0 Å². The molecule has 1 aliphatic rings. The molecule has 1 amide bonds. The predicted octanol–water partition coefficient (Wildman–Crippen LogP) is 4.87. The van der Waals surface area contributed by atoms with Crippen molar-refractivity contribution in [3.8, 4) is 5.75 Å². The molecule has 150 valence electrons. The molecule has 1 fully saturated rings. The van der Waals surface area contributed by atoms with E-state index in [-0.39, 0.29) is 17.2 Å². The van der Waals surface area contributed by atoms with Crippen LogP contribution in [0.25, 0.3) is 16.8 Å². The lowest BCUT2D eigenvalue weighted by molar-refractivity contribution is -0.122. The van der Waals surface area contributed by atoms with Crippen LogP contribution in [0.15, 0.2) is 70.6 Å². The van der Waals surface area contributed by atoms with Crippen molar-refractivity contribution in [2.24, 2.45) is 4.99 Å². The van der Waals surface area contributed by atoms with Crippen molar-refractivity contribution < 1.29 is 19.8 Å². The second-order valence-corrected chi connectivity index (χ2v) is 7.64. The van der Waals surface area contributed by atoms with E-state index in [4.69, 9.17) is 5.11 Å². The van der Waals surface area contributed by atoms with Gasteiger partial charge in [0, 0.05) is 12.6 Å². The van der Waals surface area contributed by atoms with Crippen LogP contribution >= 0.6 is 11.8 Å². The zero-order chi connectivity index (χ0) is 21.3. The molecule has 0 bridgehead atoms. The molecule has 7 heteroatoms. The highest BCUT2D eigenvalue weighted by molar-refractivity contribution is 8.18. The minimum atomic E-state index is -1.22. The van der Waals surface area contributed by atoms with E-state index in [0.717, 1.165) is 16.3 Å². The van der Waals surface area contributed by atoms with Crippen LogP contribution in [0.2, 0.25) is 0 Å². The van der Waals surface area contributed by atoms with Crippen LogP contribution in [0.1, 0.15) is 22.8 Å². The van der Waals surface area contributed by atoms with Crippen molar-refractivity contribution in [2.75, 3.05) is 6.54 Å². The highest BCUT2D eigenvalue weighted by Gasteiger charge is 2.32. The van der Waals surface area contributed by atoms with E-state index in [1.165, 1.54) is 30.0 Å². The van der Waals surface area contributed by atoms with E-state index in [9.17, 15) is 14.7 Å². The first-order valence-electron chi connectivity index (χ1n) is 9.32. The fraction of sp³-hybridized carbons (Fsp3) is 0.0870. The number of aromatic hydroxyl groups is 1. The normalized spacial score (nSPS) is 16.7. The SMILES string of the molecule is CCN1C(=O)/C(=C/c2cccc3ccccc23)SC1=Nc1ccc(C(=O)O)c(O)c1. The Morgan fingerprint density at radius 2 is 1.90 bits per heavy atom. The van der Waals surface area contributed by atoms with Crippen LogP contribution in [0.5, 0.6) is 5.75 Å². The average molecular weight is 418 g/mol. The quantitative estimate of drug-likeness (QED) is 0.590. The van der Waals surface area contributed by atoms with Crippen molar-refractivity contribution in [3.05, 3.63) is 76.7 Å². The number of carbonyl (C=O) groups is 2. The van der Waals surface area contributed by atoms with Gasteiger partial charge in [0.15, 0.2) is 5.17 Å². The number of fused-ring (bicyclic) bond motifs is 1. The van der Waals surface area contributed by atoms with E-state index < -0.39 is 5.97 Å². The smallest absolute Gasteiger partial charge is 0.339 e. The van der Waals surface area contributed by atoms with Gasteiger partial charge in [-0.1, -0.05) is 42.5 Å². The largest absolute Gasteiger partial charge is 0.507 e. The molecule has 30 heavy (non-hydrogen) atoms. The molecule has 1 aliphatic heterocycles. The maximum atomic E-state index is 12.9. The standard InChI is InChI=1S/C23H18N2O4S/c1-2-25-21(27)20(12-15-8-5-7-14-6-3-4-9-17(14)15)30-23(25)24-16-10-11-18(22(28)29)19(26)13-16/h3-13,26H,2H2,1H3,(H,28,29)/b20-12-,24-23?. The minimum absolute atomic E-state index is 0.138. The highest BCUT2D eigenvalue weighted by atomic mass is 32.2. The monoisotopic (exact) mass is 418 g/mol. The number of benzene rings is 3. The lowest BCUT2D eigenvalue weighted by atomic mass is 10.0. The number of carbonyl (C=O) groups excluding carboxylic acids is 1. The zero-order valence-corrected chi connectivity index (χ0v) is 16.9. The summed E-state index contributed by atoms with van der Waals surface area (Å²) in [7, 11) is 0. The van der Waals surface area contributed by atoms with E-state index >= 15 is 0 Å². The van der Waals surface area contributed by atoms with Gasteiger partial charge in [-0.05, 0) is 53.2 Å². The molecule has 3 aromatic carbocycles. The highest BCUT2D eigenvalue weighted by Crippen LogP contribution is 2.35. The van der Waals surface area contributed by atoms with Crippen LogP contribution in [0, 0.1) is 0 Å². The Morgan fingerprint density at radius 3 is 2.63 bits per heavy atom. The van der Waals surface area contributed by atoms with Gasteiger partial charge in [-0.15, -0.1) is 0 Å². The summed E-state index contributed by atoms with van der Waals surface area (Å²) in [6, 6.07) is 18.0. The molecule has 3 aromatic rings. The topological polar surface area (TPSA) is 90.2 Å². The molecular formula is C23H18N2O4S. The van der Waals surface area contributed by atoms with Gasteiger partial charge in [0.05, 0.1) is 10.6 Å². The molecule has 1 saturated heterocycles. The minimum Gasteiger partial charge on any atom is -0.507 e. The molecule has 6 nitrogen and oxygen atoms in total. The number of likely N-dealkylation sites (N-methyl/N-ethyl adjacent to an activating group) is 1. The molecule has 0 spiro atoms. The Balaban J connectivity index is 1.71. The summed E-state index contributed by atoms with van der Waals surface area (Å²) in [6.45, 7) is 2.30. The third-order valence-electron chi connectivity index (χ3n) is 4.75. The molecule has 1 heterocycles. The molecule has 0 atom stereocenters. The number of carboxylic acid groups (broad SMARTS) is 1. The van der Waals surface area contributed by atoms with E-state index in [0.29, 0.717) is 22.3 Å². The molecule has 0 aromatic heterocycles. The van der Waals surface area contributed by atoms with Gasteiger partial charge in [-0.2, -0.15) is 0 Å². The number of amides is 1. The average Bonchev–Trinajstić information content (AvgIpc) is 3.02. The number of hydrogen-bond donors (Lipinski definition) is 2. The fourth-order valence-corrected chi connectivity index (χ4v) is 4.32. The molecule has 4 rings (SSSR count). The summed E-state index contributed by atoms with van der Waals surface area (Å²) < 4.78 is 0. The zero-order valence-electron chi connectivity index (χ0n) is 16.1. The summed E-state index contributed by atoms with van der Waals surface area (Å²) in [4.78, 5) is 30.6. The number of carboxylic acids is 1. The van der Waals surface area contributed by atoms with E-state index in [1.807, 2.05) is 55.5 Å². The summed E-state index contributed by atoms with van der Waals surface area (Å²) in [5, 5.41) is 21.6. The van der Waals surface area contributed by atoms with Crippen LogP contribution in [0.4, 0.5) is 5.69 Å². The number of amidine groups is 1. The molecular weight excluding hydrogens is 400 g/mol. The van der Waals surface area contributed by atoms with Crippen LogP contribution in [-0.2, 0) is 4.79 Å². The summed E-state index contributed by atoms with van der Waals surface area (Å²) in [6.07, 6.45) is 1.87. The fourth-order valence-electron chi connectivity index (χ4n) is 3.27. The lowest BCUT2D eigenvalue weighted by Crippen LogP contribution is -2.28. The maximum absolute atomic E-state index is 12.9. The number of aromatic carboxylic acids is 1. The summed E-state index contributed by atoms with van der Waals surface area (Å²) in [5.74, 6) is -1.72. The van der Waals surface area contributed by atoms with Gasteiger partial charge >= 0.3 is 5.97 Å². The van der Waals surface area contributed by atoms with E-state index in [1.54, 1.807) is 4.90 Å². The van der Waals surface area contributed by atoms with Crippen molar-refractivity contribution >= 4 is 51.3 Å². The second-order valence-electron chi connectivity index (χ2n) is 6.63. The Bertz CT molecular complexity index is 1230. The molecule has 0 saturated carbocycles. The number of thioether (sulfide) groups is 1. The van der Waals surface area contributed by atoms with Gasteiger partial charge in [-0.25, -0.2) is 9.79 Å². The van der Waals surface area contributed by atoms with Gasteiger partial charge < -0.3 is 10.2 Å². The Hall–Kier alpha value is -3.58. The van der Waals surface area contributed by atoms with Gasteiger partial charge in [-0.3, -0.25) is 9.69 Å². The molecule has 0 unspecified atom stereocenters. The maximum Gasteiger partial charge on any atom is 0.339 e. The predicted molar refractivity (Wildman–Crippen MR) is 119 cm³/mol. The van der Waals surface area contributed by atoms with Crippen LogP contribution in [0.3, 0.4) is 0 Å². The third-order valence-corrected chi connectivity index (χ3v) is 5.76. The molecule has 0 radical (unpaired) electrons. The Labute approximate surface area is 177 Å². The number of phenols is 1. The Kier molecular flexibility index (Phi) is 5.29. The van der Waals surface area contributed by atoms with E-state index in [2.05, 4.69) is 4.99 Å². The first-order valence-corrected chi connectivity index (χ1v) is 10.1. The van der Waals surface area contributed by atoms with Crippen molar-refractivity contribution in [1.29, 1.82) is 0 Å². The molecule has 0 aliphatic carbocycles. The third kappa shape index (κ3) is 3.67. The first-order chi connectivity index (χ1) is 14.5. The number of hydrogen-bond acceptors (Lipinski definition) is 5. The van der Waals surface area contributed by atoms with Gasteiger partial charge in [0.1, 0.15) is 11.3 Å². The summed E-state index contributed by atoms with van der Waals surface area (Å²) >= 11 is 1.26. The van der Waals surface area contributed by atoms with Crippen molar-refractivity contribution in [2.45, 2.75) is 6.92 Å². The summed E-state index contributed by atoms with van der Waals surface area (Å²) in [5.41, 5.74) is 1.13. The van der Waals surface area contributed by atoms with Crippen molar-refractivity contribution in [1.82, 2.24) is 4.90 Å². The second kappa shape index (κ2) is 8.04. The van der Waals surface area contributed by atoms with Gasteiger partial charge in [0.2, 0.25) is 0 Å². The Morgan fingerprint density at radius 1 is 1.13 bits per heavy atom. The number of nitrogens with zero attached hydrogens (tertiary/aromatic N) is 2. The lowest BCUT2D eigenvalue weighted by Gasteiger charge is -2.12. The van der Waals surface area contributed by atoms with Crippen LogP contribution < -0.4 is 0 Å². The first kappa shape index (κ1) is 19.7. The molecule has 2 N–H and O–H groups in total.